The van der Waals surface area contributed by atoms with Crippen molar-refractivity contribution in [2.45, 2.75) is 54.0 Å². The van der Waals surface area contributed by atoms with Crippen LogP contribution in [0.2, 0.25) is 0 Å². The maximum absolute atomic E-state index is 2.53. The number of allylic oxidation sites excluding steroid dienone is 1. The zero-order chi connectivity index (χ0) is 16.8. The van der Waals surface area contributed by atoms with Gasteiger partial charge < -0.3 is 9.80 Å². The molecule has 2 rings (SSSR count). The average molecular weight is 313 g/mol. The van der Waals surface area contributed by atoms with Crippen LogP contribution in [-0.2, 0) is 6.54 Å². The van der Waals surface area contributed by atoms with Crippen molar-refractivity contribution >= 4 is 0 Å². The first-order valence-electron chi connectivity index (χ1n) is 8.97. The first kappa shape index (κ1) is 17.7. The molecule has 1 aliphatic rings. The lowest BCUT2D eigenvalue weighted by molar-refractivity contribution is 0.321. The van der Waals surface area contributed by atoms with Crippen LogP contribution in [0.5, 0.6) is 0 Å². The van der Waals surface area contributed by atoms with Gasteiger partial charge in [-0.15, -0.1) is 0 Å². The third-order valence-corrected chi connectivity index (χ3v) is 4.39. The standard InChI is InChI=1S/C21H32N2/c1-6-10-23(11-7-2)21-13-18(4)14-22(16-21)15-20-9-8-17(3)12-19(20)5/h8-9,12-13,16H,6-7,10-11,14-15H2,1-5H3. The monoisotopic (exact) mass is 312 g/mol. The molecule has 0 aromatic heterocycles. The Morgan fingerprint density at radius 2 is 1.74 bits per heavy atom. The molecule has 0 bridgehead atoms. The summed E-state index contributed by atoms with van der Waals surface area (Å²) in [6, 6.07) is 6.79. The van der Waals surface area contributed by atoms with Crippen molar-refractivity contribution in [3.05, 3.63) is 58.4 Å². The molecule has 1 aliphatic heterocycles. The van der Waals surface area contributed by atoms with E-state index in [1.807, 2.05) is 0 Å². The predicted molar refractivity (Wildman–Crippen MR) is 100 cm³/mol. The number of rotatable bonds is 7. The van der Waals surface area contributed by atoms with Crippen molar-refractivity contribution in [1.29, 1.82) is 0 Å². The Labute approximate surface area is 142 Å². The van der Waals surface area contributed by atoms with Crippen LogP contribution in [0.25, 0.3) is 0 Å². The van der Waals surface area contributed by atoms with Gasteiger partial charge in [-0.3, -0.25) is 0 Å². The Kier molecular flexibility index (Phi) is 6.32. The second-order valence-electron chi connectivity index (χ2n) is 6.87. The van der Waals surface area contributed by atoms with Gasteiger partial charge in [-0.05, 0) is 50.8 Å². The summed E-state index contributed by atoms with van der Waals surface area (Å²) in [6.45, 7) is 15.5. The third kappa shape index (κ3) is 4.89. The van der Waals surface area contributed by atoms with Crippen molar-refractivity contribution in [3.63, 3.8) is 0 Å². The van der Waals surface area contributed by atoms with Crippen LogP contribution < -0.4 is 0 Å². The third-order valence-electron chi connectivity index (χ3n) is 4.39. The van der Waals surface area contributed by atoms with Gasteiger partial charge in [0.25, 0.3) is 0 Å². The summed E-state index contributed by atoms with van der Waals surface area (Å²) in [4.78, 5) is 4.98. The molecule has 0 fully saturated rings. The molecule has 0 atom stereocenters. The van der Waals surface area contributed by atoms with E-state index in [1.165, 1.54) is 40.8 Å². The summed E-state index contributed by atoms with van der Waals surface area (Å²) in [6.07, 6.45) is 7.12. The molecule has 0 aliphatic carbocycles. The Balaban J connectivity index is 2.17. The topological polar surface area (TPSA) is 6.48 Å². The van der Waals surface area contributed by atoms with Gasteiger partial charge in [0.05, 0.1) is 5.70 Å². The van der Waals surface area contributed by atoms with Gasteiger partial charge in [0.15, 0.2) is 0 Å². The normalized spacial score (nSPS) is 14.6. The molecule has 0 radical (unpaired) electrons. The highest BCUT2D eigenvalue weighted by Crippen LogP contribution is 2.21. The van der Waals surface area contributed by atoms with Gasteiger partial charge >= 0.3 is 0 Å². The lowest BCUT2D eigenvalue weighted by Crippen LogP contribution is -2.30. The molecule has 126 valence electrons. The van der Waals surface area contributed by atoms with Crippen molar-refractivity contribution in [3.8, 4) is 0 Å². The second-order valence-corrected chi connectivity index (χ2v) is 6.87. The number of benzene rings is 1. The number of aryl methyl sites for hydroxylation is 2. The fourth-order valence-electron chi connectivity index (χ4n) is 3.31. The summed E-state index contributed by atoms with van der Waals surface area (Å²) < 4.78 is 0. The minimum Gasteiger partial charge on any atom is -0.370 e. The van der Waals surface area contributed by atoms with Crippen LogP contribution in [0, 0.1) is 13.8 Å². The van der Waals surface area contributed by atoms with Gasteiger partial charge in [0.1, 0.15) is 0 Å². The van der Waals surface area contributed by atoms with Gasteiger partial charge in [0, 0.05) is 32.4 Å². The molecule has 1 aromatic rings. The zero-order valence-corrected chi connectivity index (χ0v) is 15.5. The van der Waals surface area contributed by atoms with Gasteiger partial charge in [-0.1, -0.05) is 43.2 Å². The highest BCUT2D eigenvalue weighted by atomic mass is 15.2. The number of hydrogen-bond donors (Lipinski definition) is 0. The molecule has 2 heteroatoms. The second kappa shape index (κ2) is 8.24. The Morgan fingerprint density at radius 1 is 1.04 bits per heavy atom. The van der Waals surface area contributed by atoms with Crippen LogP contribution >= 0.6 is 0 Å². The first-order valence-corrected chi connectivity index (χ1v) is 8.97. The van der Waals surface area contributed by atoms with Crippen molar-refractivity contribution < 1.29 is 0 Å². The maximum Gasteiger partial charge on any atom is 0.0528 e. The molecule has 1 aromatic carbocycles. The average Bonchev–Trinajstić information content (AvgIpc) is 2.49. The fourth-order valence-corrected chi connectivity index (χ4v) is 3.31. The molecule has 0 amide bonds. The van der Waals surface area contributed by atoms with E-state index in [0.29, 0.717) is 0 Å². The molecule has 23 heavy (non-hydrogen) atoms. The van der Waals surface area contributed by atoms with E-state index in [1.54, 1.807) is 0 Å². The fraction of sp³-hybridized carbons (Fsp3) is 0.524. The van der Waals surface area contributed by atoms with Crippen LogP contribution in [0.15, 0.2) is 41.7 Å². The van der Waals surface area contributed by atoms with E-state index in [2.05, 4.69) is 74.9 Å². The predicted octanol–water partition coefficient (Wildman–Crippen LogP) is 5.03. The van der Waals surface area contributed by atoms with E-state index in [4.69, 9.17) is 0 Å². The zero-order valence-electron chi connectivity index (χ0n) is 15.5. The molecular formula is C21H32N2. The molecule has 0 N–H and O–H groups in total. The Hall–Kier alpha value is -1.70. The van der Waals surface area contributed by atoms with Gasteiger partial charge in [-0.25, -0.2) is 0 Å². The molecule has 1 heterocycles. The largest absolute Gasteiger partial charge is 0.370 e. The lowest BCUT2D eigenvalue weighted by atomic mass is 10.0. The Morgan fingerprint density at radius 3 is 2.35 bits per heavy atom. The van der Waals surface area contributed by atoms with Crippen LogP contribution in [-0.4, -0.2) is 29.4 Å². The van der Waals surface area contributed by atoms with E-state index < -0.39 is 0 Å². The minimum absolute atomic E-state index is 0.993. The summed E-state index contributed by atoms with van der Waals surface area (Å²) in [5.74, 6) is 0. The SMILES string of the molecule is CCCN(CCC)C1=CN(Cc2ccc(C)cc2C)CC(C)=C1. The van der Waals surface area contributed by atoms with Crippen molar-refractivity contribution in [2.24, 2.45) is 0 Å². The lowest BCUT2D eigenvalue weighted by Gasteiger charge is -2.32. The van der Waals surface area contributed by atoms with E-state index in [-0.39, 0.29) is 0 Å². The van der Waals surface area contributed by atoms with E-state index in [9.17, 15) is 0 Å². The molecule has 0 saturated carbocycles. The molecule has 0 saturated heterocycles. The van der Waals surface area contributed by atoms with Crippen LogP contribution in [0.4, 0.5) is 0 Å². The summed E-state index contributed by atoms with van der Waals surface area (Å²) in [5, 5.41) is 0. The van der Waals surface area contributed by atoms with Crippen LogP contribution in [0.3, 0.4) is 0 Å². The number of hydrogen-bond acceptors (Lipinski definition) is 2. The highest BCUT2D eigenvalue weighted by Gasteiger charge is 2.15. The van der Waals surface area contributed by atoms with Crippen molar-refractivity contribution in [2.75, 3.05) is 19.6 Å². The maximum atomic E-state index is 2.53. The quantitative estimate of drug-likeness (QED) is 0.697. The van der Waals surface area contributed by atoms with Crippen LogP contribution in [0.1, 0.15) is 50.3 Å². The van der Waals surface area contributed by atoms with Gasteiger partial charge in [-0.2, -0.15) is 0 Å². The minimum atomic E-state index is 0.993. The Bertz CT molecular complexity index is 578. The summed E-state index contributed by atoms with van der Waals surface area (Å²) >= 11 is 0. The molecular weight excluding hydrogens is 280 g/mol. The first-order chi connectivity index (χ1) is 11.0. The van der Waals surface area contributed by atoms with Crippen molar-refractivity contribution in [1.82, 2.24) is 9.80 Å². The molecule has 0 unspecified atom stereocenters. The summed E-state index contributed by atoms with van der Waals surface area (Å²) in [7, 11) is 0. The molecule has 2 nitrogen and oxygen atoms in total. The summed E-state index contributed by atoms with van der Waals surface area (Å²) in [5.41, 5.74) is 6.99. The van der Waals surface area contributed by atoms with E-state index >= 15 is 0 Å². The smallest absolute Gasteiger partial charge is 0.0528 e. The van der Waals surface area contributed by atoms with E-state index in [0.717, 1.165) is 26.2 Å². The highest BCUT2D eigenvalue weighted by molar-refractivity contribution is 5.32. The molecule has 0 spiro atoms. The number of nitrogens with zero attached hydrogens (tertiary/aromatic N) is 2. The van der Waals surface area contributed by atoms with Gasteiger partial charge in [0.2, 0.25) is 0 Å².